The van der Waals surface area contributed by atoms with E-state index >= 15 is 0 Å². The molecule has 0 spiro atoms. The number of imide groups is 1. The third-order valence-electron chi connectivity index (χ3n) is 5.35. The molecule has 3 aromatic rings. The number of rotatable bonds is 4. The Morgan fingerprint density at radius 2 is 1.72 bits per heavy atom. The fourth-order valence-corrected chi connectivity index (χ4v) is 4.73. The summed E-state index contributed by atoms with van der Waals surface area (Å²) in [4.78, 5) is 30.6. The molecule has 0 saturated heterocycles. The average Bonchev–Trinajstić information content (AvgIpc) is 3.44. The maximum Gasteiger partial charge on any atom is 0.278 e. The lowest BCUT2D eigenvalue weighted by Crippen LogP contribution is -2.34. The third kappa shape index (κ3) is 2.87. The Morgan fingerprint density at radius 1 is 0.931 bits per heavy atom. The van der Waals surface area contributed by atoms with E-state index in [0.717, 1.165) is 27.4 Å². The van der Waals surface area contributed by atoms with E-state index in [9.17, 15) is 14.0 Å². The number of thiophene rings is 1. The van der Waals surface area contributed by atoms with Crippen LogP contribution in [0.5, 0.6) is 0 Å². The van der Waals surface area contributed by atoms with Crippen LogP contribution in [-0.4, -0.2) is 23.3 Å². The van der Waals surface area contributed by atoms with Gasteiger partial charge in [-0.05, 0) is 35.6 Å². The first-order chi connectivity index (χ1) is 14.1. The van der Waals surface area contributed by atoms with Gasteiger partial charge in [0.05, 0.1) is 12.1 Å². The molecule has 29 heavy (non-hydrogen) atoms. The molecule has 6 heteroatoms. The fourth-order valence-electron chi connectivity index (χ4n) is 3.97. The topological polar surface area (TPSA) is 40.6 Å². The number of halogens is 1. The first-order valence-corrected chi connectivity index (χ1v) is 10.3. The Bertz CT molecular complexity index is 1150. The van der Waals surface area contributed by atoms with Crippen LogP contribution in [-0.2, 0) is 22.6 Å². The van der Waals surface area contributed by atoms with Crippen molar-refractivity contribution in [1.29, 1.82) is 0 Å². The monoisotopic (exact) mass is 404 g/mol. The van der Waals surface area contributed by atoms with Crippen molar-refractivity contribution in [2.24, 2.45) is 0 Å². The lowest BCUT2D eigenvalue weighted by molar-refractivity contribution is -0.137. The average molecular weight is 404 g/mol. The van der Waals surface area contributed by atoms with Crippen LogP contribution in [0.25, 0.3) is 5.57 Å². The summed E-state index contributed by atoms with van der Waals surface area (Å²) >= 11 is 1.42. The van der Waals surface area contributed by atoms with Crippen LogP contribution in [0, 0.1) is 5.82 Å². The molecule has 0 bridgehead atoms. The summed E-state index contributed by atoms with van der Waals surface area (Å²) in [6.07, 6.45) is 0.812. The van der Waals surface area contributed by atoms with E-state index in [2.05, 4.69) is 0 Å². The van der Waals surface area contributed by atoms with Crippen LogP contribution in [0.3, 0.4) is 0 Å². The summed E-state index contributed by atoms with van der Waals surface area (Å²) in [5, 5.41) is 1.88. The largest absolute Gasteiger partial charge is 0.336 e. The number of hydrogen-bond donors (Lipinski definition) is 0. The first kappa shape index (κ1) is 17.8. The summed E-state index contributed by atoms with van der Waals surface area (Å²) in [6.45, 7) is 0.550. The van der Waals surface area contributed by atoms with Crippen LogP contribution in [0.4, 0.5) is 10.1 Å². The van der Waals surface area contributed by atoms with E-state index in [4.69, 9.17) is 0 Å². The molecule has 0 saturated carbocycles. The van der Waals surface area contributed by atoms with E-state index in [-0.39, 0.29) is 18.4 Å². The molecule has 2 aliphatic rings. The van der Waals surface area contributed by atoms with Gasteiger partial charge in [-0.25, -0.2) is 4.39 Å². The number of para-hydroxylation sites is 1. The highest BCUT2D eigenvalue weighted by Gasteiger charge is 2.43. The predicted molar refractivity (Wildman–Crippen MR) is 111 cm³/mol. The maximum absolute atomic E-state index is 14.2. The van der Waals surface area contributed by atoms with Crippen LogP contribution in [0.2, 0.25) is 0 Å². The van der Waals surface area contributed by atoms with Gasteiger partial charge in [-0.3, -0.25) is 14.5 Å². The lowest BCUT2D eigenvalue weighted by Gasteiger charge is -2.21. The van der Waals surface area contributed by atoms with E-state index in [1.807, 2.05) is 46.7 Å². The number of benzene rings is 2. The number of nitrogens with zero attached hydrogens (tertiary/aromatic N) is 2. The molecule has 0 N–H and O–H groups in total. The van der Waals surface area contributed by atoms with Gasteiger partial charge in [-0.15, -0.1) is 11.3 Å². The Morgan fingerprint density at radius 3 is 2.52 bits per heavy atom. The van der Waals surface area contributed by atoms with Crippen molar-refractivity contribution in [2.45, 2.75) is 13.0 Å². The Hall–Kier alpha value is -3.25. The van der Waals surface area contributed by atoms with E-state index < -0.39 is 5.82 Å². The van der Waals surface area contributed by atoms with Gasteiger partial charge in [0.25, 0.3) is 11.8 Å². The number of hydrogen-bond acceptors (Lipinski definition) is 4. The fraction of sp³-hybridized carbons (Fsp3) is 0.130. The minimum atomic E-state index is -0.425. The van der Waals surface area contributed by atoms with Crippen molar-refractivity contribution >= 4 is 34.4 Å². The zero-order chi connectivity index (χ0) is 20.0. The molecule has 0 radical (unpaired) electrons. The van der Waals surface area contributed by atoms with Gasteiger partial charge in [-0.2, -0.15) is 0 Å². The molecule has 2 amide bonds. The zero-order valence-electron chi connectivity index (χ0n) is 15.5. The SMILES string of the molecule is O=C1C(c2cccs2)=C(N2CCc3ccccc32)C(=O)N1Cc1ccccc1F. The predicted octanol–water partition coefficient (Wildman–Crippen LogP) is 4.23. The van der Waals surface area contributed by atoms with Crippen molar-refractivity contribution in [2.75, 3.05) is 11.4 Å². The summed E-state index contributed by atoms with van der Waals surface area (Å²) in [7, 11) is 0. The normalized spacial score (nSPS) is 16.2. The Balaban J connectivity index is 1.60. The Labute approximate surface area is 171 Å². The molecule has 2 aliphatic heterocycles. The second kappa shape index (κ2) is 6.97. The molecule has 144 valence electrons. The van der Waals surface area contributed by atoms with E-state index in [1.165, 1.54) is 17.4 Å². The Kier molecular flexibility index (Phi) is 4.28. The molecule has 3 heterocycles. The molecular weight excluding hydrogens is 387 g/mol. The second-order valence-electron chi connectivity index (χ2n) is 7.02. The minimum absolute atomic E-state index is 0.0851. The third-order valence-corrected chi connectivity index (χ3v) is 6.24. The maximum atomic E-state index is 14.2. The molecule has 1 aromatic heterocycles. The van der Waals surface area contributed by atoms with Gasteiger partial charge in [0.2, 0.25) is 0 Å². The first-order valence-electron chi connectivity index (χ1n) is 9.38. The molecule has 5 rings (SSSR count). The number of carbonyl (C=O) groups is 2. The van der Waals surface area contributed by atoms with Gasteiger partial charge in [-0.1, -0.05) is 42.5 Å². The molecule has 0 unspecified atom stereocenters. The van der Waals surface area contributed by atoms with Crippen molar-refractivity contribution in [1.82, 2.24) is 4.90 Å². The van der Waals surface area contributed by atoms with Gasteiger partial charge < -0.3 is 4.90 Å². The molecule has 0 aliphatic carbocycles. The summed E-state index contributed by atoms with van der Waals surface area (Å²) in [6, 6.07) is 17.9. The van der Waals surface area contributed by atoms with Gasteiger partial charge >= 0.3 is 0 Å². The van der Waals surface area contributed by atoms with Crippen LogP contribution in [0.1, 0.15) is 16.0 Å². The highest BCUT2D eigenvalue weighted by atomic mass is 32.1. The number of fused-ring (bicyclic) bond motifs is 1. The van der Waals surface area contributed by atoms with Crippen LogP contribution < -0.4 is 4.90 Å². The van der Waals surface area contributed by atoms with Crippen molar-refractivity contribution in [3.05, 3.63) is 93.6 Å². The zero-order valence-corrected chi connectivity index (χ0v) is 16.3. The summed E-state index contributed by atoms with van der Waals surface area (Å²) < 4.78 is 14.2. The smallest absolute Gasteiger partial charge is 0.278 e. The minimum Gasteiger partial charge on any atom is -0.336 e. The number of amides is 2. The van der Waals surface area contributed by atoms with Crippen molar-refractivity contribution in [3.63, 3.8) is 0 Å². The van der Waals surface area contributed by atoms with Gasteiger partial charge in [0, 0.05) is 22.7 Å². The van der Waals surface area contributed by atoms with Gasteiger partial charge in [0.15, 0.2) is 0 Å². The molecule has 0 fully saturated rings. The van der Waals surface area contributed by atoms with Crippen LogP contribution in [0.15, 0.2) is 71.7 Å². The molecular formula is C23H17FN2O2S. The van der Waals surface area contributed by atoms with Crippen LogP contribution >= 0.6 is 11.3 Å². The molecule has 0 atom stereocenters. The van der Waals surface area contributed by atoms with Crippen molar-refractivity contribution < 1.29 is 14.0 Å². The molecule has 2 aromatic carbocycles. The highest BCUT2D eigenvalue weighted by Crippen LogP contribution is 2.40. The number of carbonyl (C=O) groups excluding carboxylic acids is 2. The number of anilines is 1. The summed E-state index contributed by atoms with van der Waals surface area (Å²) in [5.74, 6) is -1.18. The quantitative estimate of drug-likeness (QED) is 0.611. The molecule has 4 nitrogen and oxygen atoms in total. The van der Waals surface area contributed by atoms with E-state index in [1.54, 1.807) is 18.2 Å². The van der Waals surface area contributed by atoms with Gasteiger partial charge in [0.1, 0.15) is 11.5 Å². The van der Waals surface area contributed by atoms with E-state index in [0.29, 0.717) is 23.4 Å². The second-order valence-corrected chi connectivity index (χ2v) is 7.97. The summed E-state index contributed by atoms with van der Waals surface area (Å²) in [5.41, 5.74) is 3.21. The standard InChI is InChI=1S/C23H17FN2O2S/c24-17-8-3-1-7-16(17)14-26-22(27)20(19-10-5-13-29-19)21(23(26)28)25-12-11-15-6-2-4-9-18(15)25/h1-10,13H,11-12,14H2. The lowest BCUT2D eigenvalue weighted by atomic mass is 10.1. The highest BCUT2D eigenvalue weighted by molar-refractivity contribution is 7.11. The van der Waals surface area contributed by atoms with Crippen molar-refractivity contribution in [3.8, 4) is 0 Å².